The van der Waals surface area contributed by atoms with Crippen LogP contribution in [0.15, 0.2) is 36.7 Å². The predicted octanol–water partition coefficient (Wildman–Crippen LogP) is 2.26. The Bertz CT molecular complexity index is 954. The number of likely N-dealkylation sites (tertiary alicyclic amines) is 1. The normalized spacial score (nSPS) is 20.5. The molecule has 4 rings (SSSR count). The first-order valence-electron chi connectivity index (χ1n) is 11.3. The first-order chi connectivity index (χ1) is 15.4. The lowest BCUT2D eigenvalue weighted by Gasteiger charge is -2.38. The van der Waals surface area contributed by atoms with Crippen molar-refractivity contribution in [3.63, 3.8) is 0 Å². The fourth-order valence-electron chi connectivity index (χ4n) is 4.54. The predicted molar refractivity (Wildman–Crippen MR) is 121 cm³/mol. The minimum Gasteiger partial charge on any atom is -0.368 e. The Hall–Kier alpha value is -2.84. The monoisotopic (exact) mass is 437 g/mol. The number of rotatable bonds is 5. The Balaban J connectivity index is 1.48. The SMILES string of the molecule is CC(C)N1CCC(C(=O)N2CCO[C@H](c3nccnc3-c3ccc(C(N)=O)cc3)C2)CC1. The van der Waals surface area contributed by atoms with Gasteiger partial charge in [0.15, 0.2) is 0 Å². The van der Waals surface area contributed by atoms with Crippen LogP contribution in [0.3, 0.4) is 0 Å². The summed E-state index contributed by atoms with van der Waals surface area (Å²) in [6, 6.07) is 7.49. The molecular weight excluding hydrogens is 406 g/mol. The molecular formula is C24H31N5O3. The number of hydrogen-bond donors (Lipinski definition) is 1. The molecule has 2 aliphatic rings. The van der Waals surface area contributed by atoms with Gasteiger partial charge in [0.05, 0.1) is 24.5 Å². The fourth-order valence-corrected chi connectivity index (χ4v) is 4.54. The van der Waals surface area contributed by atoms with Crippen molar-refractivity contribution in [3.05, 3.63) is 47.9 Å². The highest BCUT2D eigenvalue weighted by Crippen LogP contribution is 2.30. The molecule has 170 valence electrons. The van der Waals surface area contributed by atoms with Gasteiger partial charge in [0.1, 0.15) is 6.10 Å². The summed E-state index contributed by atoms with van der Waals surface area (Å²) in [6.07, 6.45) is 4.74. The number of amides is 2. The van der Waals surface area contributed by atoms with Gasteiger partial charge in [0, 0.05) is 42.0 Å². The molecule has 2 aliphatic heterocycles. The highest BCUT2D eigenvalue weighted by molar-refractivity contribution is 5.93. The topological polar surface area (TPSA) is 102 Å². The van der Waals surface area contributed by atoms with Crippen molar-refractivity contribution in [1.82, 2.24) is 19.8 Å². The van der Waals surface area contributed by atoms with Crippen molar-refractivity contribution in [2.24, 2.45) is 11.7 Å². The van der Waals surface area contributed by atoms with E-state index in [0.717, 1.165) is 31.5 Å². The molecule has 8 nitrogen and oxygen atoms in total. The van der Waals surface area contributed by atoms with E-state index in [4.69, 9.17) is 10.5 Å². The first-order valence-corrected chi connectivity index (χ1v) is 11.3. The van der Waals surface area contributed by atoms with Crippen molar-refractivity contribution >= 4 is 11.8 Å². The van der Waals surface area contributed by atoms with E-state index in [1.54, 1.807) is 24.5 Å². The van der Waals surface area contributed by atoms with Gasteiger partial charge in [-0.05, 0) is 51.9 Å². The number of nitrogens with two attached hydrogens (primary N) is 1. The summed E-state index contributed by atoms with van der Waals surface area (Å²) in [5.41, 5.74) is 8.00. The van der Waals surface area contributed by atoms with Crippen LogP contribution in [0.2, 0.25) is 0 Å². The van der Waals surface area contributed by atoms with Crippen LogP contribution < -0.4 is 5.73 Å². The van der Waals surface area contributed by atoms with E-state index in [-0.39, 0.29) is 17.9 Å². The molecule has 1 aromatic carbocycles. The lowest BCUT2D eigenvalue weighted by molar-refractivity contribution is -0.145. The van der Waals surface area contributed by atoms with Gasteiger partial charge in [-0.3, -0.25) is 19.6 Å². The smallest absolute Gasteiger partial charge is 0.248 e. The molecule has 1 aromatic heterocycles. The van der Waals surface area contributed by atoms with Crippen molar-refractivity contribution in [2.75, 3.05) is 32.8 Å². The maximum atomic E-state index is 13.2. The van der Waals surface area contributed by atoms with E-state index in [0.29, 0.717) is 42.7 Å². The van der Waals surface area contributed by atoms with E-state index in [2.05, 4.69) is 28.7 Å². The van der Waals surface area contributed by atoms with Crippen LogP contribution in [0.1, 0.15) is 48.8 Å². The number of piperidine rings is 1. The lowest BCUT2D eigenvalue weighted by Crippen LogP contribution is -2.48. The summed E-state index contributed by atoms with van der Waals surface area (Å²) >= 11 is 0. The van der Waals surface area contributed by atoms with E-state index >= 15 is 0 Å². The van der Waals surface area contributed by atoms with Gasteiger partial charge in [-0.1, -0.05) is 12.1 Å². The zero-order valence-electron chi connectivity index (χ0n) is 18.7. The van der Waals surface area contributed by atoms with E-state index in [1.807, 2.05) is 17.0 Å². The number of morpholine rings is 1. The number of carbonyl (C=O) groups excluding carboxylic acids is 2. The molecule has 2 aromatic rings. The van der Waals surface area contributed by atoms with E-state index < -0.39 is 5.91 Å². The molecule has 0 bridgehead atoms. The largest absolute Gasteiger partial charge is 0.368 e. The molecule has 2 N–H and O–H groups in total. The van der Waals surface area contributed by atoms with Crippen LogP contribution in [0.4, 0.5) is 0 Å². The number of hydrogen-bond acceptors (Lipinski definition) is 6. The second-order valence-corrected chi connectivity index (χ2v) is 8.78. The van der Waals surface area contributed by atoms with Gasteiger partial charge in [0.2, 0.25) is 11.8 Å². The van der Waals surface area contributed by atoms with Crippen molar-refractivity contribution in [2.45, 2.75) is 38.8 Å². The van der Waals surface area contributed by atoms with Crippen molar-refractivity contribution in [1.29, 1.82) is 0 Å². The van der Waals surface area contributed by atoms with Gasteiger partial charge >= 0.3 is 0 Å². The molecule has 0 radical (unpaired) electrons. The average Bonchev–Trinajstić information content (AvgIpc) is 2.84. The minimum atomic E-state index is -0.472. The van der Waals surface area contributed by atoms with Crippen LogP contribution in [0.5, 0.6) is 0 Å². The Morgan fingerprint density at radius 3 is 2.41 bits per heavy atom. The number of nitrogens with zero attached hydrogens (tertiary/aromatic N) is 4. The first kappa shape index (κ1) is 22.4. The third-order valence-corrected chi connectivity index (χ3v) is 6.46. The molecule has 3 heterocycles. The average molecular weight is 438 g/mol. The standard InChI is InChI=1S/C24H31N5O3/c1-16(2)28-11-7-19(8-12-28)24(31)29-13-14-32-20(15-29)22-21(26-9-10-27-22)17-3-5-18(6-4-17)23(25)30/h3-6,9-10,16,19-20H,7-8,11-15H2,1-2H3,(H2,25,30)/t20-/m0/s1. The molecule has 2 amide bonds. The Labute approximate surface area is 188 Å². The maximum Gasteiger partial charge on any atom is 0.248 e. The number of primary amides is 1. The summed E-state index contributed by atoms with van der Waals surface area (Å²) in [5.74, 6) is -0.177. The highest BCUT2D eigenvalue weighted by atomic mass is 16.5. The zero-order valence-corrected chi connectivity index (χ0v) is 18.7. The third kappa shape index (κ3) is 4.81. The quantitative estimate of drug-likeness (QED) is 0.770. The number of benzene rings is 1. The Morgan fingerprint density at radius 2 is 1.75 bits per heavy atom. The summed E-state index contributed by atoms with van der Waals surface area (Å²) in [5, 5.41) is 0. The molecule has 0 aliphatic carbocycles. The summed E-state index contributed by atoms with van der Waals surface area (Å²) < 4.78 is 6.03. The Kier molecular flexibility index (Phi) is 6.81. The third-order valence-electron chi connectivity index (χ3n) is 6.46. The summed E-state index contributed by atoms with van der Waals surface area (Å²) in [6.45, 7) is 7.88. The molecule has 0 unspecified atom stereocenters. The molecule has 32 heavy (non-hydrogen) atoms. The highest BCUT2D eigenvalue weighted by Gasteiger charge is 2.34. The van der Waals surface area contributed by atoms with Crippen LogP contribution >= 0.6 is 0 Å². The molecule has 2 saturated heterocycles. The summed E-state index contributed by atoms with van der Waals surface area (Å²) in [4.78, 5) is 38.0. The second kappa shape index (κ2) is 9.75. The second-order valence-electron chi connectivity index (χ2n) is 8.78. The van der Waals surface area contributed by atoms with Gasteiger partial charge in [-0.2, -0.15) is 0 Å². The van der Waals surface area contributed by atoms with Crippen LogP contribution in [0.25, 0.3) is 11.3 Å². The van der Waals surface area contributed by atoms with Gasteiger partial charge in [-0.25, -0.2) is 0 Å². The number of carbonyl (C=O) groups is 2. The van der Waals surface area contributed by atoms with Crippen molar-refractivity contribution in [3.8, 4) is 11.3 Å². The van der Waals surface area contributed by atoms with Gasteiger partial charge < -0.3 is 20.3 Å². The van der Waals surface area contributed by atoms with Crippen LogP contribution in [-0.4, -0.2) is 70.4 Å². The maximum absolute atomic E-state index is 13.2. The molecule has 0 saturated carbocycles. The van der Waals surface area contributed by atoms with E-state index in [1.165, 1.54) is 0 Å². The summed E-state index contributed by atoms with van der Waals surface area (Å²) in [7, 11) is 0. The number of ether oxygens (including phenoxy) is 1. The van der Waals surface area contributed by atoms with Crippen molar-refractivity contribution < 1.29 is 14.3 Å². The molecule has 2 fully saturated rings. The molecule has 8 heteroatoms. The minimum absolute atomic E-state index is 0.0754. The van der Waals surface area contributed by atoms with Crippen LogP contribution in [0, 0.1) is 5.92 Å². The van der Waals surface area contributed by atoms with Crippen LogP contribution in [-0.2, 0) is 9.53 Å². The van der Waals surface area contributed by atoms with E-state index in [9.17, 15) is 9.59 Å². The fraction of sp³-hybridized carbons (Fsp3) is 0.500. The molecule has 0 spiro atoms. The lowest BCUT2D eigenvalue weighted by atomic mass is 9.94. The number of aromatic nitrogens is 2. The van der Waals surface area contributed by atoms with Gasteiger partial charge in [-0.15, -0.1) is 0 Å². The molecule has 1 atom stereocenters. The van der Waals surface area contributed by atoms with Gasteiger partial charge in [0.25, 0.3) is 0 Å². The zero-order chi connectivity index (χ0) is 22.7. The Morgan fingerprint density at radius 1 is 1.06 bits per heavy atom.